The Balaban J connectivity index is 2.05. The summed E-state index contributed by atoms with van der Waals surface area (Å²) in [6.07, 6.45) is 2.96. The Morgan fingerprint density at radius 1 is 1.42 bits per heavy atom. The SMILES string of the molecule is Cc1[nH]c(=O)[nH]c(=O)c1C=NNC(=O)[C@@H]1CCCN1. The molecule has 102 valence electrons. The summed E-state index contributed by atoms with van der Waals surface area (Å²) in [5.74, 6) is -0.229. The second-order valence-electron chi connectivity index (χ2n) is 4.33. The number of hydrogen-bond acceptors (Lipinski definition) is 5. The lowest BCUT2D eigenvalue weighted by Gasteiger charge is -2.06. The number of aryl methyl sites for hydroxylation is 1. The van der Waals surface area contributed by atoms with Gasteiger partial charge in [0.1, 0.15) is 0 Å². The first-order valence-electron chi connectivity index (χ1n) is 5.97. The zero-order valence-corrected chi connectivity index (χ0v) is 10.4. The maximum atomic E-state index is 11.6. The molecule has 19 heavy (non-hydrogen) atoms. The molecule has 2 heterocycles. The fourth-order valence-electron chi connectivity index (χ4n) is 1.91. The zero-order chi connectivity index (χ0) is 13.8. The molecule has 0 aliphatic carbocycles. The van der Waals surface area contributed by atoms with Gasteiger partial charge in [0.25, 0.3) is 11.5 Å². The number of hydrazone groups is 1. The first kappa shape index (κ1) is 13.2. The van der Waals surface area contributed by atoms with Crippen LogP contribution in [0.5, 0.6) is 0 Å². The van der Waals surface area contributed by atoms with Crippen LogP contribution in [0.2, 0.25) is 0 Å². The Morgan fingerprint density at radius 2 is 2.21 bits per heavy atom. The molecule has 1 atom stereocenters. The summed E-state index contributed by atoms with van der Waals surface area (Å²) in [5, 5.41) is 6.76. The zero-order valence-electron chi connectivity index (χ0n) is 10.4. The van der Waals surface area contributed by atoms with Crippen molar-refractivity contribution in [1.82, 2.24) is 20.7 Å². The van der Waals surface area contributed by atoms with Crippen molar-refractivity contribution in [2.24, 2.45) is 5.10 Å². The third-order valence-electron chi connectivity index (χ3n) is 2.92. The smallest absolute Gasteiger partial charge is 0.311 e. The normalized spacial score (nSPS) is 18.9. The van der Waals surface area contributed by atoms with E-state index >= 15 is 0 Å². The van der Waals surface area contributed by atoms with Crippen LogP contribution in [-0.2, 0) is 4.79 Å². The molecule has 2 rings (SSSR count). The van der Waals surface area contributed by atoms with Gasteiger partial charge < -0.3 is 10.3 Å². The number of carbonyl (C=O) groups is 1. The van der Waals surface area contributed by atoms with Crippen LogP contribution in [0.3, 0.4) is 0 Å². The van der Waals surface area contributed by atoms with Gasteiger partial charge in [-0.3, -0.25) is 14.6 Å². The van der Waals surface area contributed by atoms with Crippen molar-refractivity contribution in [3.8, 4) is 0 Å². The van der Waals surface area contributed by atoms with Crippen LogP contribution >= 0.6 is 0 Å². The highest BCUT2D eigenvalue weighted by Gasteiger charge is 2.21. The standard InChI is InChI=1S/C11H15N5O3/c1-6-7(9(17)15-11(19)14-6)5-13-16-10(18)8-3-2-4-12-8/h5,8,12H,2-4H2,1H3,(H,16,18)(H2,14,15,17,19)/t8-/m0/s1. The molecule has 8 nitrogen and oxygen atoms in total. The molecule has 1 amide bonds. The molecule has 0 unspecified atom stereocenters. The molecule has 1 aromatic heterocycles. The molecule has 1 aliphatic rings. The molecule has 1 aromatic rings. The minimum atomic E-state index is -0.571. The van der Waals surface area contributed by atoms with Crippen molar-refractivity contribution in [3.05, 3.63) is 32.1 Å². The molecule has 1 aliphatic heterocycles. The number of amides is 1. The number of nitrogens with zero attached hydrogens (tertiary/aromatic N) is 1. The van der Waals surface area contributed by atoms with Crippen LogP contribution < -0.4 is 22.0 Å². The Bertz CT molecular complexity index is 609. The highest BCUT2D eigenvalue weighted by molar-refractivity contribution is 5.85. The van der Waals surface area contributed by atoms with Crippen molar-refractivity contribution < 1.29 is 4.79 Å². The molecule has 0 saturated carbocycles. The van der Waals surface area contributed by atoms with E-state index in [2.05, 4.69) is 25.8 Å². The maximum absolute atomic E-state index is 11.6. The first-order chi connectivity index (χ1) is 9.08. The predicted octanol–water partition coefficient (Wildman–Crippen LogP) is -1.43. The number of nitrogens with one attached hydrogen (secondary N) is 4. The van der Waals surface area contributed by atoms with Crippen LogP contribution in [0.15, 0.2) is 14.7 Å². The summed E-state index contributed by atoms with van der Waals surface area (Å²) in [6.45, 7) is 2.40. The summed E-state index contributed by atoms with van der Waals surface area (Å²) >= 11 is 0. The van der Waals surface area contributed by atoms with Crippen molar-refractivity contribution in [2.75, 3.05) is 6.54 Å². The van der Waals surface area contributed by atoms with E-state index in [4.69, 9.17) is 0 Å². The van der Waals surface area contributed by atoms with Gasteiger partial charge in [0.05, 0.1) is 17.8 Å². The molecule has 0 spiro atoms. The molecule has 0 bridgehead atoms. The van der Waals surface area contributed by atoms with Gasteiger partial charge in [0.15, 0.2) is 0 Å². The van der Waals surface area contributed by atoms with Gasteiger partial charge in [0, 0.05) is 5.69 Å². The van der Waals surface area contributed by atoms with E-state index in [9.17, 15) is 14.4 Å². The van der Waals surface area contributed by atoms with E-state index in [1.807, 2.05) is 0 Å². The van der Waals surface area contributed by atoms with Crippen molar-refractivity contribution in [1.29, 1.82) is 0 Å². The van der Waals surface area contributed by atoms with Gasteiger partial charge in [-0.2, -0.15) is 5.10 Å². The minimum absolute atomic E-state index is 0.208. The number of H-pyrrole nitrogens is 2. The highest BCUT2D eigenvalue weighted by atomic mass is 16.2. The van der Waals surface area contributed by atoms with Gasteiger partial charge >= 0.3 is 5.69 Å². The lowest BCUT2D eigenvalue weighted by molar-refractivity contribution is -0.122. The Labute approximate surface area is 108 Å². The minimum Gasteiger partial charge on any atom is -0.311 e. The molecular weight excluding hydrogens is 250 g/mol. The highest BCUT2D eigenvalue weighted by Crippen LogP contribution is 2.04. The number of carbonyl (C=O) groups excluding carboxylic acids is 1. The Kier molecular flexibility index (Phi) is 3.91. The summed E-state index contributed by atoms with van der Waals surface area (Å²) in [5.41, 5.74) is 1.85. The van der Waals surface area contributed by atoms with Gasteiger partial charge in [0.2, 0.25) is 0 Å². The van der Waals surface area contributed by atoms with Crippen LogP contribution in [0, 0.1) is 6.92 Å². The number of aromatic nitrogens is 2. The number of rotatable bonds is 3. The van der Waals surface area contributed by atoms with E-state index in [1.54, 1.807) is 6.92 Å². The number of aromatic amines is 2. The Hall–Kier alpha value is -2.22. The average Bonchev–Trinajstić information content (AvgIpc) is 2.85. The second-order valence-corrected chi connectivity index (χ2v) is 4.33. The first-order valence-corrected chi connectivity index (χ1v) is 5.97. The van der Waals surface area contributed by atoms with Crippen LogP contribution in [-0.4, -0.2) is 34.7 Å². The molecule has 0 radical (unpaired) electrons. The quantitative estimate of drug-likeness (QED) is 0.396. The van der Waals surface area contributed by atoms with Gasteiger partial charge in [-0.25, -0.2) is 10.2 Å². The fourth-order valence-corrected chi connectivity index (χ4v) is 1.91. The summed E-state index contributed by atoms with van der Waals surface area (Å²) in [4.78, 5) is 38.7. The molecule has 8 heteroatoms. The van der Waals surface area contributed by atoms with Gasteiger partial charge in [-0.1, -0.05) is 0 Å². The van der Waals surface area contributed by atoms with E-state index in [0.29, 0.717) is 5.69 Å². The second kappa shape index (κ2) is 5.61. The van der Waals surface area contributed by atoms with Crippen LogP contribution in [0.1, 0.15) is 24.1 Å². The third-order valence-corrected chi connectivity index (χ3v) is 2.92. The molecule has 0 aromatic carbocycles. The third kappa shape index (κ3) is 3.16. The molecule has 1 fully saturated rings. The van der Waals surface area contributed by atoms with Crippen molar-refractivity contribution in [3.63, 3.8) is 0 Å². The monoisotopic (exact) mass is 265 g/mol. The van der Waals surface area contributed by atoms with Gasteiger partial charge in [-0.05, 0) is 26.3 Å². The number of hydrogen-bond donors (Lipinski definition) is 4. The Morgan fingerprint density at radius 3 is 2.84 bits per heavy atom. The predicted molar refractivity (Wildman–Crippen MR) is 69.2 cm³/mol. The van der Waals surface area contributed by atoms with E-state index < -0.39 is 11.2 Å². The lowest BCUT2D eigenvalue weighted by atomic mass is 10.2. The largest absolute Gasteiger partial charge is 0.325 e. The maximum Gasteiger partial charge on any atom is 0.325 e. The van der Waals surface area contributed by atoms with Crippen molar-refractivity contribution >= 4 is 12.1 Å². The molecular formula is C11H15N5O3. The van der Waals surface area contributed by atoms with E-state index in [-0.39, 0.29) is 17.5 Å². The molecule has 1 saturated heterocycles. The van der Waals surface area contributed by atoms with E-state index in [1.165, 1.54) is 6.21 Å². The average molecular weight is 265 g/mol. The van der Waals surface area contributed by atoms with Crippen LogP contribution in [0.25, 0.3) is 0 Å². The van der Waals surface area contributed by atoms with Crippen molar-refractivity contribution in [2.45, 2.75) is 25.8 Å². The summed E-state index contributed by atoms with van der Waals surface area (Å²) in [6, 6.07) is -0.230. The van der Waals surface area contributed by atoms with Crippen LogP contribution in [0.4, 0.5) is 0 Å². The van der Waals surface area contributed by atoms with E-state index in [0.717, 1.165) is 19.4 Å². The lowest BCUT2D eigenvalue weighted by Crippen LogP contribution is -2.38. The summed E-state index contributed by atoms with van der Waals surface area (Å²) < 4.78 is 0. The fraction of sp³-hybridized carbons (Fsp3) is 0.455. The molecule has 4 N–H and O–H groups in total. The summed E-state index contributed by atoms with van der Waals surface area (Å²) in [7, 11) is 0. The van der Waals surface area contributed by atoms with Gasteiger partial charge in [-0.15, -0.1) is 0 Å². The topological polar surface area (TPSA) is 119 Å².